The number of rotatable bonds is 4. The van der Waals surface area contributed by atoms with Gasteiger partial charge in [-0.2, -0.15) is 0 Å². The molecular weight excluding hydrogens is 194 g/mol. The average molecular weight is 209 g/mol. The largest absolute Gasteiger partial charge is 0.360 e. The number of pyridine rings is 1. The van der Waals surface area contributed by atoms with E-state index in [1.54, 1.807) is 13.0 Å². The van der Waals surface area contributed by atoms with Gasteiger partial charge in [-0.05, 0) is 19.4 Å². The minimum absolute atomic E-state index is 0.0728. The molecule has 0 radical (unpaired) electrons. The van der Waals surface area contributed by atoms with Crippen molar-refractivity contribution in [1.82, 2.24) is 4.98 Å². The summed E-state index contributed by atoms with van der Waals surface area (Å²) in [6.07, 6.45) is 2.34. The lowest BCUT2D eigenvalue weighted by Crippen LogP contribution is -2.19. The van der Waals surface area contributed by atoms with Crippen LogP contribution in [0.2, 0.25) is 0 Å². The zero-order valence-corrected chi connectivity index (χ0v) is 9.23. The average Bonchev–Trinajstić information content (AvgIpc) is 2.17. The first kappa shape index (κ1) is 11.4. The molecule has 5 heteroatoms. The van der Waals surface area contributed by atoms with Gasteiger partial charge in [0.1, 0.15) is 12.0 Å². The summed E-state index contributed by atoms with van der Waals surface area (Å²) in [4.78, 5) is 16.2. The molecule has 0 fully saturated rings. The van der Waals surface area contributed by atoms with E-state index in [1.165, 1.54) is 6.20 Å². The molecular formula is C10H15N3O2. The van der Waals surface area contributed by atoms with Crippen LogP contribution in [0.4, 0.5) is 11.5 Å². The highest BCUT2D eigenvalue weighted by atomic mass is 16.6. The highest BCUT2D eigenvalue weighted by Gasteiger charge is 2.12. The third kappa shape index (κ3) is 2.65. The third-order valence-electron chi connectivity index (χ3n) is 2.22. The van der Waals surface area contributed by atoms with Gasteiger partial charge in [0.25, 0.3) is 5.69 Å². The van der Waals surface area contributed by atoms with Gasteiger partial charge in [-0.15, -0.1) is 0 Å². The first-order valence-electron chi connectivity index (χ1n) is 4.88. The number of anilines is 1. The van der Waals surface area contributed by atoms with Crippen LogP contribution in [0.3, 0.4) is 0 Å². The Balaban J connectivity index is 2.96. The number of nitrogens with zero attached hydrogens (tertiary/aromatic N) is 3. The van der Waals surface area contributed by atoms with Crippen LogP contribution in [0.1, 0.15) is 18.9 Å². The number of nitro groups is 1. The van der Waals surface area contributed by atoms with E-state index in [0.717, 1.165) is 18.8 Å². The van der Waals surface area contributed by atoms with Crippen LogP contribution in [0, 0.1) is 17.0 Å². The highest BCUT2D eigenvalue weighted by Crippen LogP contribution is 2.20. The molecule has 1 rings (SSSR count). The maximum absolute atomic E-state index is 10.6. The van der Waals surface area contributed by atoms with Crippen molar-refractivity contribution in [2.45, 2.75) is 20.3 Å². The minimum Gasteiger partial charge on any atom is -0.360 e. The van der Waals surface area contributed by atoms with Crippen LogP contribution < -0.4 is 4.90 Å². The summed E-state index contributed by atoms with van der Waals surface area (Å²) < 4.78 is 0. The summed E-state index contributed by atoms with van der Waals surface area (Å²) in [5.74, 6) is 0.778. The minimum atomic E-state index is -0.411. The monoisotopic (exact) mass is 209 g/mol. The van der Waals surface area contributed by atoms with Crippen molar-refractivity contribution in [2.75, 3.05) is 18.5 Å². The molecule has 0 bridgehead atoms. The van der Waals surface area contributed by atoms with Gasteiger partial charge in [-0.3, -0.25) is 10.1 Å². The second kappa shape index (κ2) is 4.72. The summed E-state index contributed by atoms with van der Waals surface area (Å²) in [6, 6.07) is 1.74. The molecule has 0 aliphatic carbocycles. The first-order chi connectivity index (χ1) is 7.06. The Hall–Kier alpha value is -1.65. The van der Waals surface area contributed by atoms with E-state index >= 15 is 0 Å². The Morgan fingerprint density at radius 2 is 2.27 bits per heavy atom. The van der Waals surface area contributed by atoms with Crippen molar-refractivity contribution < 1.29 is 4.92 Å². The highest BCUT2D eigenvalue weighted by molar-refractivity contribution is 5.48. The molecule has 0 unspecified atom stereocenters. The van der Waals surface area contributed by atoms with Gasteiger partial charge in [-0.25, -0.2) is 4.98 Å². The lowest BCUT2D eigenvalue weighted by molar-refractivity contribution is -0.385. The number of aromatic nitrogens is 1. The molecule has 0 atom stereocenters. The van der Waals surface area contributed by atoms with Crippen LogP contribution in [0.15, 0.2) is 12.3 Å². The standard InChI is InChI=1S/C10H15N3O2/c1-4-5-12(3)10-6-8(2)9(7-11-10)13(14)15/h6-7H,4-5H2,1-3H3. The lowest BCUT2D eigenvalue weighted by atomic mass is 10.2. The Bertz CT molecular complexity index is 366. The fourth-order valence-corrected chi connectivity index (χ4v) is 1.38. The summed E-state index contributed by atoms with van der Waals surface area (Å²) in [5.41, 5.74) is 0.719. The van der Waals surface area contributed by atoms with Crippen LogP contribution >= 0.6 is 0 Å². The normalized spacial score (nSPS) is 10.1. The second-order valence-electron chi connectivity index (χ2n) is 3.51. The van der Waals surface area contributed by atoms with Gasteiger partial charge in [0.2, 0.25) is 0 Å². The molecule has 15 heavy (non-hydrogen) atoms. The van der Waals surface area contributed by atoms with Gasteiger partial charge >= 0.3 is 0 Å². The van der Waals surface area contributed by atoms with Crippen molar-refractivity contribution >= 4 is 11.5 Å². The Labute approximate surface area is 88.9 Å². The predicted octanol–water partition coefficient (Wildman–Crippen LogP) is 2.14. The zero-order chi connectivity index (χ0) is 11.4. The van der Waals surface area contributed by atoms with Crippen molar-refractivity contribution in [2.24, 2.45) is 0 Å². The second-order valence-corrected chi connectivity index (χ2v) is 3.51. The summed E-state index contributed by atoms with van der Waals surface area (Å²) in [5, 5.41) is 10.6. The predicted molar refractivity (Wildman–Crippen MR) is 59.2 cm³/mol. The maximum atomic E-state index is 10.6. The quantitative estimate of drug-likeness (QED) is 0.563. The topological polar surface area (TPSA) is 59.3 Å². The van der Waals surface area contributed by atoms with Gasteiger partial charge in [0.05, 0.1) is 4.92 Å². The third-order valence-corrected chi connectivity index (χ3v) is 2.22. The molecule has 0 aromatic carbocycles. The maximum Gasteiger partial charge on any atom is 0.290 e. The first-order valence-corrected chi connectivity index (χ1v) is 4.88. The van der Waals surface area contributed by atoms with E-state index in [1.807, 2.05) is 11.9 Å². The smallest absolute Gasteiger partial charge is 0.290 e. The number of hydrogen-bond donors (Lipinski definition) is 0. The van der Waals surface area contributed by atoms with Crippen LogP contribution in [-0.4, -0.2) is 23.5 Å². The molecule has 1 aromatic heterocycles. The van der Waals surface area contributed by atoms with Crippen molar-refractivity contribution in [1.29, 1.82) is 0 Å². The molecule has 82 valence electrons. The van der Waals surface area contributed by atoms with E-state index < -0.39 is 4.92 Å². The van der Waals surface area contributed by atoms with Crippen molar-refractivity contribution in [3.63, 3.8) is 0 Å². The lowest BCUT2D eigenvalue weighted by Gasteiger charge is -2.17. The Morgan fingerprint density at radius 1 is 1.60 bits per heavy atom. The van der Waals surface area contributed by atoms with Crippen molar-refractivity contribution in [3.8, 4) is 0 Å². The number of aryl methyl sites for hydroxylation is 1. The molecule has 0 aliphatic rings. The van der Waals surface area contributed by atoms with Gasteiger partial charge < -0.3 is 4.90 Å². The van der Waals surface area contributed by atoms with Crippen LogP contribution in [0.25, 0.3) is 0 Å². The summed E-state index contributed by atoms with van der Waals surface area (Å²) >= 11 is 0. The molecule has 5 nitrogen and oxygen atoms in total. The van der Waals surface area contributed by atoms with Gasteiger partial charge in [-0.1, -0.05) is 6.92 Å². The Morgan fingerprint density at radius 3 is 2.73 bits per heavy atom. The summed E-state index contributed by atoms with van der Waals surface area (Å²) in [6.45, 7) is 4.70. The molecule has 0 N–H and O–H groups in total. The van der Waals surface area contributed by atoms with Gasteiger partial charge in [0.15, 0.2) is 0 Å². The van der Waals surface area contributed by atoms with E-state index in [-0.39, 0.29) is 5.69 Å². The van der Waals surface area contributed by atoms with E-state index in [4.69, 9.17) is 0 Å². The Kier molecular flexibility index (Phi) is 3.60. The summed E-state index contributed by atoms with van der Waals surface area (Å²) in [7, 11) is 1.93. The van der Waals surface area contributed by atoms with Gasteiger partial charge in [0, 0.05) is 19.2 Å². The molecule has 0 saturated carbocycles. The van der Waals surface area contributed by atoms with E-state index in [2.05, 4.69) is 11.9 Å². The molecule has 0 aliphatic heterocycles. The van der Waals surface area contributed by atoms with Crippen molar-refractivity contribution in [3.05, 3.63) is 27.9 Å². The molecule has 1 aromatic rings. The molecule has 0 spiro atoms. The fraction of sp³-hybridized carbons (Fsp3) is 0.500. The SMILES string of the molecule is CCCN(C)c1cc(C)c([N+](=O)[O-])cn1. The van der Waals surface area contributed by atoms with Crippen LogP contribution in [0.5, 0.6) is 0 Å². The van der Waals surface area contributed by atoms with E-state index in [0.29, 0.717) is 5.56 Å². The zero-order valence-electron chi connectivity index (χ0n) is 9.23. The molecule has 1 heterocycles. The van der Waals surface area contributed by atoms with Crippen LogP contribution in [-0.2, 0) is 0 Å². The molecule has 0 saturated heterocycles. The molecule has 0 amide bonds. The number of hydrogen-bond acceptors (Lipinski definition) is 4. The fourth-order valence-electron chi connectivity index (χ4n) is 1.38. The van der Waals surface area contributed by atoms with E-state index in [9.17, 15) is 10.1 Å².